The van der Waals surface area contributed by atoms with Crippen LogP contribution < -0.4 is 9.64 Å². The van der Waals surface area contributed by atoms with Gasteiger partial charge in [0, 0.05) is 31.1 Å². The van der Waals surface area contributed by atoms with Crippen LogP contribution in [0.5, 0.6) is 5.75 Å². The lowest BCUT2D eigenvalue weighted by Gasteiger charge is -2.40. The minimum Gasteiger partial charge on any atom is -0.491 e. The van der Waals surface area contributed by atoms with Crippen LogP contribution in [0.1, 0.15) is 24.5 Å². The number of benzene rings is 1. The van der Waals surface area contributed by atoms with Gasteiger partial charge in [-0.15, -0.1) is 0 Å². The molecule has 0 amide bonds. The van der Waals surface area contributed by atoms with E-state index in [1.165, 1.54) is 16.5 Å². The van der Waals surface area contributed by atoms with Gasteiger partial charge in [0.25, 0.3) is 0 Å². The zero-order valence-corrected chi connectivity index (χ0v) is 16.9. The molecule has 0 spiro atoms. The molecular formula is C22H28N4O2. The van der Waals surface area contributed by atoms with E-state index in [0.717, 1.165) is 56.2 Å². The average Bonchev–Trinajstić information content (AvgIpc) is 3.11. The molecule has 0 aliphatic carbocycles. The highest BCUT2D eigenvalue weighted by molar-refractivity contribution is 5.81. The van der Waals surface area contributed by atoms with E-state index in [0.29, 0.717) is 6.04 Å². The van der Waals surface area contributed by atoms with Crippen LogP contribution in [-0.2, 0) is 6.42 Å². The van der Waals surface area contributed by atoms with E-state index in [-0.39, 0.29) is 0 Å². The van der Waals surface area contributed by atoms with Crippen molar-refractivity contribution in [2.45, 2.75) is 32.7 Å². The van der Waals surface area contributed by atoms with Gasteiger partial charge in [-0.05, 0) is 50.9 Å². The van der Waals surface area contributed by atoms with Crippen LogP contribution >= 0.6 is 0 Å². The summed E-state index contributed by atoms with van der Waals surface area (Å²) < 4.78 is 11.1. The van der Waals surface area contributed by atoms with Crippen molar-refractivity contribution in [3.63, 3.8) is 0 Å². The third-order valence-electron chi connectivity index (χ3n) is 5.64. The molecule has 148 valence electrons. The van der Waals surface area contributed by atoms with E-state index in [4.69, 9.17) is 9.15 Å². The molecule has 3 aromatic rings. The highest BCUT2D eigenvalue weighted by Crippen LogP contribution is 2.27. The number of hydrogen-bond acceptors (Lipinski definition) is 6. The summed E-state index contributed by atoms with van der Waals surface area (Å²) in [6.45, 7) is 8.43. The zero-order valence-electron chi connectivity index (χ0n) is 16.9. The number of methoxy groups -OCH3 is 1. The Morgan fingerprint density at radius 1 is 1.29 bits per heavy atom. The SMILES string of the molecule is COc1cncnc1N1CCN(CCCc2coc3ccc(C)cc23)C(C)C1. The van der Waals surface area contributed by atoms with E-state index >= 15 is 0 Å². The van der Waals surface area contributed by atoms with Gasteiger partial charge in [-0.2, -0.15) is 0 Å². The number of piperazine rings is 1. The van der Waals surface area contributed by atoms with Crippen LogP contribution in [0.3, 0.4) is 0 Å². The zero-order chi connectivity index (χ0) is 19.5. The molecule has 1 atom stereocenters. The Bertz CT molecular complexity index is 939. The van der Waals surface area contributed by atoms with Crippen molar-refractivity contribution in [3.8, 4) is 5.75 Å². The number of aryl methyl sites for hydroxylation is 2. The first-order valence-electron chi connectivity index (χ1n) is 9.95. The molecule has 1 fully saturated rings. The molecular weight excluding hydrogens is 352 g/mol. The van der Waals surface area contributed by atoms with Gasteiger partial charge in [0.1, 0.15) is 11.9 Å². The van der Waals surface area contributed by atoms with Gasteiger partial charge in [0.05, 0.1) is 19.6 Å². The van der Waals surface area contributed by atoms with Gasteiger partial charge in [0.15, 0.2) is 11.6 Å². The van der Waals surface area contributed by atoms with E-state index in [2.05, 4.69) is 51.8 Å². The van der Waals surface area contributed by atoms with Gasteiger partial charge in [-0.3, -0.25) is 4.90 Å². The molecule has 2 aromatic heterocycles. The number of fused-ring (bicyclic) bond motifs is 1. The molecule has 6 nitrogen and oxygen atoms in total. The summed E-state index contributed by atoms with van der Waals surface area (Å²) in [5.41, 5.74) is 3.58. The summed E-state index contributed by atoms with van der Waals surface area (Å²) >= 11 is 0. The quantitative estimate of drug-likeness (QED) is 0.650. The van der Waals surface area contributed by atoms with Gasteiger partial charge in [0.2, 0.25) is 0 Å². The van der Waals surface area contributed by atoms with Crippen LogP contribution in [0, 0.1) is 6.92 Å². The number of ether oxygens (including phenoxy) is 1. The Hall–Kier alpha value is -2.60. The molecule has 1 saturated heterocycles. The van der Waals surface area contributed by atoms with E-state index in [1.807, 2.05) is 6.26 Å². The number of hydrogen-bond donors (Lipinski definition) is 0. The maximum atomic E-state index is 5.71. The molecule has 0 bridgehead atoms. The molecule has 1 aliphatic rings. The van der Waals surface area contributed by atoms with Crippen molar-refractivity contribution in [3.05, 3.63) is 48.1 Å². The van der Waals surface area contributed by atoms with Crippen molar-refractivity contribution in [1.82, 2.24) is 14.9 Å². The smallest absolute Gasteiger partial charge is 0.179 e. The Morgan fingerprint density at radius 3 is 3.00 bits per heavy atom. The predicted octanol–water partition coefficient (Wildman–Crippen LogP) is 3.68. The average molecular weight is 380 g/mol. The van der Waals surface area contributed by atoms with Crippen molar-refractivity contribution in [1.29, 1.82) is 0 Å². The van der Waals surface area contributed by atoms with Crippen LogP contribution in [0.25, 0.3) is 11.0 Å². The molecule has 28 heavy (non-hydrogen) atoms. The minimum absolute atomic E-state index is 0.469. The fraction of sp³-hybridized carbons (Fsp3) is 0.455. The third kappa shape index (κ3) is 3.83. The van der Waals surface area contributed by atoms with Crippen LogP contribution in [0.2, 0.25) is 0 Å². The maximum absolute atomic E-state index is 5.71. The Balaban J connectivity index is 1.33. The third-order valence-corrected chi connectivity index (χ3v) is 5.64. The lowest BCUT2D eigenvalue weighted by molar-refractivity contribution is 0.186. The van der Waals surface area contributed by atoms with E-state index in [1.54, 1.807) is 19.6 Å². The summed E-state index contributed by atoms with van der Waals surface area (Å²) in [6.07, 6.45) is 7.42. The summed E-state index contributed by atoms with van der Waals surface area (Å²) in [7, 11) is 1.67. The van der Waals surface area contributed by atoms with Gasteiger partial charge < -0.3 is 14.1 Å². The van der Waals surface area contributed by atoms with Crippen molar-refractivity contribution in [2.24, 2.45) is 0 Å². The molecule has 1 aromatic carbocycles. The molecule has 0 radical (unpaired) electrons. The standard InChI is InChI=1S/C22H28N4O2/c1-16-6-7-20-19(11-16)18(14-28-20)5-4-8-25-9-10-26(13-17(25)2)22-21(27-3)12-23-15-24-22/h6-7,11-12,14-15,17H,4-5,8-10,13H2,1-3H3. The summed E-state index contributed by atoms with van der Waals surface area (Å²) in [5, 5.41) is 1.26. The van der Waals surface area contributed by atoms with Gasteiger partial charge in [-0.1, -0.05) is 11.6 Å². The Kier molecular flexibility index (Phi) is 5.48. The lowest BCUT2D eigenvalue weighted by atomic mass is 10.1. The highest BCUT2D eigenvalue weighted by Gasteiger charge is 2.26. The molecule has 1 aliphatic heterocycles. The van der Waals surface area contributed by atoms with E-state index in [9.17, 15) is 0 Å². The largest absolute Gasteiger partial charge is 0.491 e. The van der Waals surface area contributed by atoms with Crippen molar-refractivity contribution < 1.29 is 9.15 Å². The number of furan rings is 1. The second kappa shape index (κ2) is 8.19. The molecule has 4 rings (SSSR count). The summed E-state index contributed by atoms with van der Waals surface area (Å²) in [4.78, 5) is 13.3. The van der Waals surface area contributed by atoms with Crippen molar-refractivity contribution >= 4 is 16.8 Å². The first-order chi connectivity index (χ1) is 13.7. The topological polar surface area (TPSA) is 54.6 Å². The molecule has 3 heterocycles. The fourth-order valence-corrected chi connectivity index (χ4v) is 4.07. The first-order valence-corrected chi connectivity index (χ1v) is 9.95. The number of anilines is 1. The normalized spacial score (nSPS) is 18.0. The molecule has 6 heteroatoms. The Labute approximate surface area is 166 Å². The highest BCUT2D eigenvalue weighted by atomic mass is 16.5. The molecule has 1 unspecified atom stereocenters. The summed E-state index contributed by atoms with van der Waals surface area (Å²) in [6, 6.07) is 6.86. The number of rotatable bonds is 6. The van der Waals surface area contributed by atoms with Crippen LogP contribution in [0.4, 0.5) is 5.82 Å². The fourth-order valence-electron chi connectivity index (χ4n) is 4.07. The van der Waals surface area contributed by atoms with Gasteiger partial charge in [-0.25, -0.2) is 9.97 Å². The lowest BCUT2D eigenvalue weighted by Crippen LogP contribution is -2.52. The number of nitrogens with zero attached hydrogens (tertiary/aromatic N) is 4. The number of aromatic nitrogens is 2. The predicted molar refractivity (Wildman–Crippen MR) is 111 cm³/mol. The van der Waals surface area contributed by atoms with Gasteiger partial charge >= 0.3 is 0 Å². The second-order valence-electron chi connectivity index (χ2n) is 7.61. The molecule has 0 N–H and O–H groups in total. The Morgan fingerprint density at radius 2 is 2.18 bits per heavy atom. The first kappa shape index (κ1) is 18.7. The minimum atomic E-state index is 0.469. The monoisotopic (exact) mass is 380 g/mol. The summed E-state index contributed by atoms with van der Waals surface area (Å²) in [5.74, 6) is 1.63. The van der Waals surface area contributed by atoms with Crippen LogP contribution in [-0.4, -0.2) is 54.2 Å². The van der Waals surface area contributed by atoms with Crippen molar-refractivity contribution in [2.75, 3.05) is 38.2 Å². The maximum Gasteiger partial charge on any atom is 0.179 e. The van der Waals surface area contributed by atoms with E-state index < -0.39 is 0 Å². The molecule has 0 saturated carbocycles. The van der Waals surface area contributed by atoms with Crippen LogP contribution in [0.15, 0.2) is 41.4 Å². The second-order valence-corrected chi connectivity index (χ2v) is 7.61.